The first kappa shape index (κ1) is 16.6. The number of pyridine rings is 1. The van der Waals surface area contributed by atoms with Crippen LogP contribution in [0.15, 0.2) is 48.7 Å². The van der Waals surface area contributed by atoms with Gasteiger partial charge in [0.25, 0.3) is 5.91 Å². The van der Waals surface area contributed by atoms with Crippen molar-refractivity contribution < 1.29 is 9.53 Å². The van der Waals surface area contributed by atoms with E-state index in [1.165, 1.54) is 0 Å². The number of likely N-dealkylation sites (tertiary alicyclic amines) is 1. The predicted octanol–water partition coefficient (Wildman–Crippen LogP) is 3.15. The van der Waals surface area contributed by atoms with E-state index in [4.69, 9.17) is 4.74 Å². The Labute approximate surface area is 152 Å². The van der Waals surface area contributed by atoms with Crippen molar-refractivity contribution in [1.82, 2.24) is 19.5 Å². The molecule has 0 radical (unpaired) electrons. The number of benzene rings is 1. The van der Waals surface area contributed by atoms with Crippen molar-refractivity contribution in [2.24, 2.45) is 0 Å². The number of piperidine rings is 1. The minimum Gasteiger partial charge on any atom is -0.494 e. The lowest BCUT2D eigenvalue weighted by molar-refractivity contribution is 0.0711. The van der Waals surface area contributed by atoms with Gasteiger partial charge in [-0.25, -0.2) is 0 Å². The summed E-state index contributed by atoms with van der Waals surface area (Å²) in [5, 5.41) is 8.61. The van der Waals surface area contributed by atoms with Gasteiger partial charge in [-0.1, -0.05) is 6.07 Å². The zero-order chi connectivity index (χ0) is 17.9. The number of nitrogens with zero attached hydrogens (tertiary/aromatic N) is 4. The second-order valence-electron chi connectivity index (χ2n) is 6.51. The van der Waals surface area contributed by atoms with Crippen LogP contribution in [0.3, 0.4) is 0 Å². The van der Waals surface area contributed by atoms with Gasteiger partial charge in [-0.05, 0) is 56.2 Å². The van der Waals surface area contributed by atoms with Gasteiger partial charge in [0, 0.05) is 30.8 Å². The number of ether oxygens (including phenoxy) is 1. The van der Waals surface area contributed by atoms with Crippen molar-refractivity contribution in [3.05, 3.63) is 60.0 Å². The summed E-state index contributed by atoms with van der Waals surface area (Å²) in [7, 11) is 0. The number of hydrogen-bond acceptors (Lipinski definition) is 4. The molecule has 0 spiro atoms. The topological polar surface area (TPSA) is 59.7 Å². The van der Waals surface area contributed by atoms with Crippen LogP contribution >= 0.6 is 0 Å². The molecule has 1 aromatic carbocycles. The molecule has 1 aliphatic heterocycles. The van der Waals surface area contributed by atoms with E-state index in [1.54, 1.807) is 0 Å². The molecule has 2 aromatic heterocycles. The van der Waals surface area contributed by atoms with Crippen LogP contribution in [0.5, 0.6) is 5.75 Å². The second kappa shape index (κ2) is 7.15. The van der Waals surface area contributed by atoms with E-state index in [2.05, 4.69) is 14.6 Å². The maximum Gasteiger partial charge on any atom is 0.253 e. The molecular weight excluding hydrogens is 328 g/mol. The minimum absolute atomic E-state index is 0.0811. The van der Waals surface area contributed by atoms with Crippen LogP contribution in [0.2, 0.25) is 0 Å². The third-order valence-electron chi connectivity index (χ3n) is 4.90. The molecule has 0 bridgehead atoms. The third-order valence-corrected chi connectivity index (χ3v) is 4.90. The highest BCUT2D eigenvalue weighted by Crippen LogP contribution is 2.28. The zero-order valence-corrected chi connectivity index (χ0v) is 14.8. The zero-order valence-electron chi connectivity index (χ0n) is 14.8. The van der Waals surface area contributed by atoms with Crippen LogP contribution in [-0.2, 0) is 0 Å². The molecule has 0 atom stereocenters. The van der Waals surface area contributed by atoms with Gasteiger partial charge < -0.3 is 9.64 Å². The lowest BCUT2D eigenvalue weighted by Gasteiger charge is -2.31. The number of carbonyl (C=O) groups excluding carboxylic acids is 1. The standard InChI is InChI=1S/C20H22N4O2/c1-2-26-17-8-6-16(7-9-17)20(25)23-13-10-15(11-14-23)19-22-21-18-5-3-4-12-24(18)19/h3-9,12,15H,2,10-11,13-14H2,1H3. The number of amides is 1. The van der Waals surface area contributed by atoms with Gasteiger partial charge in [0.15, 0.2) is 5.65 Å². The average molecular weight is 350 g/mol. The molecule has 6 nitrogen and oxygen atoms in total. The van der Waals surface area contributed by atoms with Gasteiger partial charge >= 0.3 is 0 Å². The quantitative estimate of drug-likeness (QED) is 0.725. The number of aromatic nitrogens is 3. The summed E-state index contributed by atoms with van der Waals surface area (Å²) < 4.78 is 7.49. The molecule has 0 aliphatic carbocycles. The molecule has 3 heterocycles. The molecule has 1 aliphatic rings. The van der Waals surface area contributed by atoms with Gasteiger partial charge in [-0.3, -0.25) is 9.20 Å². The van der Waals surface area contributed by atoms with E-state index in [0.717, 1.165) is 43.2 Å². The highest BCUT2D eigenvalue weighted by Gasteiger charge is 2.27. The minimum atomic E-state index is 0.0811. The molecule has 26 heavy (non-hydrogen) atoms. The predicted molar refractivity (Wildman–Crippen MR) is 98.5 cm³/mol. The van der Waals surface area contributed by atoms with Gasteiger partial charge in [0.05, 0.1) is 6.61 Å². The van der Waals surface area contributed by atoms with Crippen LogP contribution in [0.4, 0.5) is 0 Å². The van der Waals surface area contributed by atoms with Crippen molar-refractivity contribution in [1.29, 1.82) is 0 Å². The highest BCUT2D eigenvalue weighted by atomic mass is 16.5. The molecule has 0 N–H and O–H groups in total. The fraction of sp³-hybridized carbons (Fsp3) is 0.350. The lowest BCUT2D eigenvalue weighted by Crippen LogP contribution is -2.38. The van der Waals surface area contributed by atoms with E-state index >= 15 is 0 Å². The van der Waals surface area contributed by atoms with Crippen molar-refractivity contribution >= 4 is 11.6 Å². The van der Waals surface area contributed by atoms with E-state index in [-0.39, 0.29) is 5.91 Å². The number of fused-ring (bicyclic) bond motifs is 1. The first-order valence-electron chi connectivity index (χ1n) is 9.08. The van der Waals surface area contributed by atoms with E-state index < -0.39 is 0 Å². The van der Waals surface area contributed by atoms with Crippen molar-refractivity contribution in [3.63, 3.8) is 0 Å². The summed E-state index contributed by atoms with van der Waals surface area (Å²) in [6.07, 6.45) is 3.80. The molecule has 0 unspecified atom stereocenters. The summed E-state index contributed by atoms with van der Waals surface area (Å²) in [6, 6.07) is 13.3. The summed E-state index contributed by atoms with van der Waals surface area (Å²) >= 11 is 0. The van der Waals surface area contributed by atoms with Crippen molar-refractivity contribution in [2.75, 3.05) is 19.7 Å². The van der Waals surface area contributed by atoms with Crippen molar-refractivity contribution in [2.45, 2.75) is 25.7 Å². The Morgan fingerprint density at radius 1 is 1.12 bits per heavy atom. The highest BCUT2D eigenvalue weighted by molar-refractivity contribution is 5.94. The third kappa shape index (κ3) is 3.14. The van der Waals surface area contributed by atoms with Crippen LogP contribution in [0, 0.1) is 0 Å². The molecule has 0 saturated carbocycles. The smallest absolute Gasteiger partial charge is 0.253 e. The fourth-order valence-corrected chi connectivity index (χ4v) is 3.52. The van der Waals surface area contributed by atoms with Gasteiger partial charge in [0.1, 0.15) is 11.6 Å². The Morgan fingerprint density at radius 2 is 1.88 bits per heavy atom. The van der Waals surface area contributed by atoms with Gasteiger partial charge in [-0.2, -0.15) is 0 Å². The number of hydrogen-bond donors (Lipinski definition) is 0. The maximum absolute atomic E-state index is 12.7. The Bertz CT molecular complexity index is 896. The molecule has 6 heteroatoms. The summed E-state index contributed by atoms with van der Waals surface area (Å²) in [5.41, 5.74) is 1.58. The van der Waals surface area contributed by atoms with E-state index in [9.17, 15) is 4.79 Å². The van der Waals surface area contributed by atoms with E-state index in [0.29, 0.717) is 18.1 Å². The molecular formula is C20H22N4O2. The fourth-order valence-electron chi connectivity index (χ4n) is 3.52. The number of carbonyl (C=O) groups is 1. The Kier molecular flexibility index (Phi) is 4.56. The molecule has 1 fully saturated rings. The Balaban J connectivity index is 1.42. The largest absolute Gasteiger partial charge is 0.494 e. The second-order valence-corrected chi connectivity index (χ2v) is 6.51. The van der Waals surface area contributed by atoms with E-state index in [1.807, 2.05) is 60.5 Å². The monoisotopic (exact) mass is 350 g/mol. The summed E-state index contributed by atoms with van der Waals surface area (Å²) in [5.74, 6) is 2.20. The lowest BCUT2D eigenvalue weighted by atomic mass is 9.95. The summed E-state index contributed by atoms with van der Waals surface area (Å²) in [6.45, 7) is 4.04. The summed E-state index contributed by atoms with van der Waals surface area (Å²) in [4.78, 5) is 14.7. The van der Waals surface area contributed by atoms with Gasteiger partial charge in [0.2, 0.25) is 0 Å². The van der Waals surface area contributed by atoms with Crippen molar-refractivity contribution in [3.8, 4) is 5.75 Å². The maximum atomic E-state index is 12.7. The first-order valence-corrected chi connectivity index (χ1v) is 9.08. The normalized spacial score (nSPS) is 15.3. The SMILES string of the molecule is CCOc1ccc(C(=O)N2CCC(c3nnc4ccccn34)CC2)cc1. The molecule has 134 valence electrons. The Morgan fingerprint density at radius 3 is 2.62 bits per heavy atom. The molecule has 3 aromatic rings. The van der Waals surface area contributed by atoms with Crippen LogP contribution < -0.4 is 4.74 Å². The van der Waals surface area contributed by atoms with Crippen LogP contribution in [0.25, 0.3) is 5.65 Å². The van der Waals surface area contributed by atoms with Crippen LogP contribution in [-0.4, -0.2) is 45.1 Å². The molecule has 1 amide bonds. The average Bonchev–Trinajstić information content (AvgIpc) is 3.13. The number of rotatable bonds is 4. The first-order chi connectivity index (χ1) is 12.8. The Hall–Kier alpha value is -2.89. The van der Waals surface area contributed by atoms with Gasteiger partial charge in [-0.15, -0.1) is 10.2 Å². The molecule has 1 saturated heterocycles. The van der Waals surface area contributed by atoms with Crippen LogP contribution in [0.1, 0.15) is 41.9 Å². The molecule has 4 rings (SSSR count).